The first-order chi connectivity index (χ1) is 10.0. The Kier molecular flexibility index (Phi) is 3.01. The molecular formula is C17H15NO3. The van der Waals surface area contributed by atoms with E-state index in [1.54, 1.807) is 12.1 Å². The summed E-state index contributed by atoms with van der Waals surface area (Å²) in [5, 5.41) is 11.8. The van der Waals surface area contributed by atoms with Crippen molar-refractivity contribution in [3.8, 4) is 0 Å². The van der Waals surface area contributed by atoms with Gasteiger partial charge in [0.05, 0.1) is 11.0 Å². The number of benzene rings is 2. The number of nitrogens with one attached hydrogen (secondary N) is 1. The number of amides is 1. The maximum atomic E-state index is 12.4. The van der Waals surface area contributed by atoms with E-state index in [4.69, 9.17) is 5.11 Å². The van der Waals surface area contributed by atoms with Crippen molar-refractivity contribution in [2.75, 3.05) is 5.32 Å². The summed E-state index contributed by atoms with van der Waals surface area (Å²) < 4.78 is 0. The van der Waals surface area contributed by atoms with Crippen LogP contribution in [0.2, 0.25) is 0 Å². The topological polar surface area (TPSA) is 66.4 Å². The van der Waals surface area contributed by atoms with E-state index in [9.17, 15) is 9.59 Å². The van der Waals surface area contributed by atoms with Crippen LogP contribution >= 0.6 is 0 Å². The lowest BCUT2D eigenvalue weighted by Gasteiger charge is -2.22. The second-order valence-electron chi connectivity index (χ2n) is 5.51. The molecule has 2 aromatic carbocycles. The maximum absolute atomic E-state index is 12.4. The molecule has 3 rings (SSSR count). The van der Waals surface area contributed by atoms with Gasteiger partial charge in [0.2, 0.25) is 5.91 Å². The molecule has 1 aliphatic heterocycles. The molecule has 1 atom stereocenters. The average molecular weight is 281 g/mol. The highest BCUT2D eigenvalue weighted by molar-refractivity contribution is 6.07. The van der Waals surface area contributed by atoms with E-state index in [0.29, 0.717) is 12.1 Å². The summed E-state index contributed by atoms with van der Waals surface area (Å²) in [6.45, 7) is 1.89. The average Bonchev–Trinajstić information content (AvgIpc) is 2.71. The first kappa shape index (κ1) is 13.4. The zero-order valence-electron chi connectivity index (χ0n) is 11.6. The van der Waals surface area contributed by atoms with Gasteiger partial charge in [-0.25, -0.2) is 4.79 Å². The van der Waals surface area contributed by atoms with E-state index in [1.165, 1.54) is 6.07 Å². The molecule has 2 N–H and O–H groups in total. The molecule has 0 aliphatic carbocycles. The number of fused-ring (bicyclic) bond motifs is 1. The van der Waals surface area contributed by atoms with E-state index in [0.717, 1.165) is 11.1 Å². The molecule has 0 saturated heterocycles. The highest BCUT2D eigenvalue weighted by Crippen LogP contribution is 2.40. The number of hydrogen-bond acceptors (Lipinski definition) is 2. The van der Waals surface area contributed by atoms with Crippen LogP contribution in [0.15, 0.2) is 48.5 Å². The first-order valence-corrected chi connectivity index (χ1v) is 6.74. The van der Waals surface area contributed by atoms with Gasteiger partial charge in [0.25, 0.3) is 0 Å². The van der Waals surface area contributed by atoms with Crippen molar-refractivity contribution in [3.05, 3.63) is 65.2 Å². The van der Waals surface area contributed by atoms with Gasteiger partial charge in [0, 0.05) is 5.69 Å². The van der Waals surface area contributed by atoms with Gasteiger partial charge in [-0.3, -0.25) is 4.79 Å². The first-order valence-electron chi connectivity index (χ1n) is 6.74. The Balaban J connectivity index is 2.02. The van der Waals surface area contributed by atoms with Crippen molar-refractivity contribution >= 4 is 17.6 Å². The van der Waals surface area contributed by atoms with Gasteiger partial charge in [-0.2, -0.15) is 0 Å². The standard InChI is InChI=1S/C17H15NO3/c1-17(10-11-5-3-2-4-6-11)13-8-7-12(15(19)20)9-14(13)18-16(17)21/h2-9H,10H2,1H3,(H,18,21)(H,19,20). The molecule has 1 amide bonds. The molecule has 0 bridgehead atoms. The van der Waals surface area contributed by atoms with Crippen LogP contribution < -0.4 is 5.32 Å². The summed E-state index contributed by atoms with van der Waals surface area (Å²) in [6.07, 6.45) is 0.582. The summed E-state index contributed by atoms with van der Waals surface area (Å²) in [7, 11) is 0. The number of hydrogen-bond donors (Lipinski definition) is 2. The molecule has 1 heterocycles. The van der Waals surface area contributed by atoms with Gasteiger partial charge >= 0.3 is 5.97 Å². The fourth-order valence-corrected chi connectivity index (χ4v) is 2.82. The van der Waals surface area contributed by atoms with E-state index in [1.807, 2.05) is 37.3 Å². The molecule has 0 radical (unpaired) electrons. The third kappa shape index (κ3) is 2.18. The number of carbonyl (C=O) groups is 2. The second kappa shape index (κ2) is 4.74. The summed E-state index contributed by atoms with van der Waals surface area (Å²) >= 11 is 0. The minimum absolute atomic E-state index is 0.0936. The SMILES string of the molecule is CC1(Cc2ccccc2)C(=O)Nc2cc(C(=O)O)ccc21. The number of carboxylic acid groups (broad SMARTS) is 1. The minimum atomic E-state index is -0.997. The summed E-state index contributed by atoms with van der Waals surface area (Å²) in [6, 6.07) is 14.6. The molecule has 4 heteroatoms. The second-order valence-corrected chi connectivity index (χ2v) is 5.51. The van der Waals surface area contributed by atoms with Crippen LogP contribution in [0.3, 0.4) is 0 Å². The highest BCUT2D eigenvalue weighted by atomic mass is 16.4. The van der Waals surface area contributed by atoms with Gasteiger partial charge in [0.1, 0.15) is 0 Å². The molecule has 0 aromatic heterocycles. The quantitative estimate of drug-likeness (QED) is 0.909. The van der Waals surface area contributed by atoms with Gasteiger partial charge in [-0.05, 0) is 36.6 Å². The molecule has 0 spiro atoms. The molecule has 106 valence electrons. The smallest absolute Gasteiger partial charge is 0.335 e. The fourth-order valence-electron chi connectivity index (χ4n) is 2.82. The number of anilines is 1. The zero-order valence-corrected chi connectivity index (χ0v) is 11.6. The summed E-state index contributed by atoms with van der Waals surface area (Å²) in [5.74, 6) is -1.09. The molecular weight excluding hydrogens is 266 g/mol. The largest absolute Gasteiger partial charge is 0.478 e. The fraction of sp³-hybridized carbons (Fsp3) is 0.176. The molecule has 1 aliphatic rings. The third-order valence-corrected chi connectivity index (χ3v) is 4.01. The van der Waals surface area contributed by atoms with Gasteiger partial charge < -0.3 is 10.4 Å². The van der Waals surface area contributed by atoms with E-state index in [-0.39, 0.29) is 11.5 Å². The maximum Gasteiger partial charge on any atom is 0.335 e. The van der Waals surface area contributed by atoms with Gasteiger partial charge in [-0.1, -0.05) is 36.4 Å². The molecule has 4 nitrogen and oxygen atoms in total. The Morgan fingerprint density at radius 2 is 1.90 bits per heavy atom. The van der Waals surface area contributed by atoms with Crippen molar-refractivity contribution in [1.82, 2.24) is 0 Å². The van der Waals surface area contributed by atoms with Crippen LogP contribution in [0.4, 0.5) is 5.69 Å². The van der Waals surface area contributed by atoms with Crippen LogP contribution in [0.5, 0.6) is 0 Å². The highest BCUT2D eigenvalue weighted by Gasteiger charge is 2.42. The van der Waals surface area contributed by atoms with Crippen molar-refractivity contribution in [2.24, 2.45) is 0 Å². The lowest BCUT2D eigenvalue weighted by atomic mass is 9.78. The predicted molar refractivity (Wildman–Crippen MR) is 79.5 cm³/mol. The lowest BCUT2D eigenvalue weighted by molar-refractivity contribution is -0.120. The Bertz CT molecular complexity index is 724. The molecule has 0 fully saturated rings. The number of carboxylic acids is 1. The Labute approximate surface area is 122 Å². The van der Waals surface area contributed by atoms with Crippen LogP contribution in [-0.2, 0) is 16.6 Å². The lowest BCUT2D eigenvalue weighted by Crippen LogP contribution is -2.33. The van der Waals surface area contributed by atoms with Crippen LogP contribution in [0.25, 0.3) is 0 Å². The van der Waals surface area contributed by atoms with E-state index >= 15 is 0 Å². The molecule has 1 unspecified atom stereocenters. The van der Waals surface area contributed by atoms with Crippen molar-refractivity contribution in [1.29, 1.82) is 0 Å². The van der Waals surface area contributed by atoms with Crippen LogP contribution in [0.1, 0.15) is 28.4 Å². The van der Waals surface area contributed by atoms with Crippen LogP contribution in [-0.4, -0.2) is 17.0 Å². The molecule has 2 aromatic rings. The Morgan fingerprint density at radius 3 is 2.57 bits per heavy atom. The normalized spacial score (nSPS) is 20.0. The van der Waals surface area contributed by atoms with Gasteiger partial charge in [0.15, 0.2) is 0 Å². The number of aromatic carboxylic acids is 1. The molecule has 0 saturated carbocycles. The summed E-state index contributed by atoms with van der Waals surface area (Å²) in [4.78, 5) is 23.4. The number of rotatable bonds is 3. The third-order valence-electron chi connectivity index (χ3n) is 4.01. The Hall–Kier alpha value is -2.62. The van der Waals surface area contributed by atoms with E-state index < -0.39 is 11.4 Å². The molecule has 21 heavy (non-hydrogen) atoms. The zero-order chi connectivity index (χ0) is 15.0. The monoisotopic (exact) mass is 281 g/mol. The van der Waals surface area contributed by atoms with Crippen molar-refractivity contribution < 1.29 is 14.7 Å². The van der Waals surface area contributed by atoms with Crippen molar-refractivity contribution in [3.63, 3.8) is 0 Å². The predicted octanol–water partition coefficient (Wildman–Crippen LogP) is 2.84. The Morgan fingerprint density at radius 1 is 1.19 bits per heavy atom. The minimum Gasteiger partial charge on any atom is -0.478 e. The van der Waals surface area contributed by atoms with E-state index in [2.05, 4.69) is 5.32 Å². The van der Waals surface area contributed by atoms with Crippen LogP contribution in [0, 0.1) is 0 Å². The number of carbonyl (C=O) groups excluding carboxylic acids is 1. The van der Waals surface area contributed by atoms with Crippen molar-refractivity contribution in [2.45, 2.75) is 18.8 Å². The summed E-state index contributed by atoms with van der Waals surface area (Å²) in [5.41, 5.74) is 2.02. The van der Waals surface area contributed by atoms with Gasteiger partial charge in [-0.15, -0.1) is 0 Å².